The van der Waals surface area contributed by atoms with E-state index in [9.17, 15) is 19.0 Å². The van der Waals surface area contributed by atoms with Crippen LogP contribution < -0.4 is 34.5 Å². The van der Waals surface area contributed by atoms with Gasteiger partial charge in [0.15, 0.2) is 0 Å². The molecule has 0 bridgehead atoms. The second kappa shape index (κ2) is 7.23. The molecule has 1 amide bonds. The molecule has 2 heterocycles. The molecule has 0 aliphatic carbocycles. The molecule has 0 aromatic rings. The zero-order chi connectivity index (χ0) is 13.2. The molecule has 0 aromatic carbocycles. The van der Waals surface area contributed by atoms with Crippen molar-refractivity contribution in [1.29, 1.82) is 0 Å². The Bertz CT molecular complexity index is 403. The Hall–Kier alpha value is 0.130. The normalized spacial score (nSPS) is 27.2. The predicted molar refractivity (Wildman–Crippen MR) is 62.0 cm³/mol. The van der Waals surface area contributed by atoms with Gasteiger partial charge in [0.2, 0.25) is 5.91 Å². The van der Waals surface area contributed by atoms with Gasteiger partial charge in [0, 0.05) is 26.0 Å². The maximum absolute atomic E-state index is 12.1. The first kappa shape index (κ1) is 17.2. The molecule has 102 valence electrons. The van der Waals surface area contributed by atoms with E-state index in [0.717, 1.165) is 19.3 Å². The average Bonchev–Trinajstić information content (AvgIpc) is 2.65. The maximum atomic E-state index is 12.1. The number of likely N-dealkylation sites (tertiary alicyclic amines) is 1. The van der Waals surface area contributed by atoms with E-state index in [4.69, 9.17) is 0 Å². The summed E-state index contributed by atoms with van der Waals surface area (Å²) in [7, 11) is -3.79. The Morgan fingerprint density at radius 1 is 1.32 bits per heavy atom. The van der Waals surface area contributed by atoms with Crippen LogP contribution in [0.2, 0.25) is 0 Å². The van der Waals surface area contributed by atoms with Crippen molar-refractivity contribution >= 4 is 19.2 Å². The Morgan fingerprint density at radius 3 is 2.68 bits per heavy atom. The topological polar surface area (TPSA) is 86.7 Å². The second-order valence-corrected chi connectivity index (χ2v) is 7.34. The molecule has 0 N–H and O–H groups in total. The average molecular weight is 297 g/mol. The van der Waals surface area contributed by atoms with Crippen LogP contribution >= 0.6 is 7.37 Å². The minimum Gasteiger partial charge on any atom is -0.798 e. The number of nitrogens with zero attached hydrogens (tertiary/aromatic N) is 1. The van der Waals surface area contributed by atoms with Gasteiger partial charge in [0.1, 0.15) is 6.61 Å². The monoisotopic (exact) mass is 297 g/mol. The minimum atomic E-state index is -3.79. The molecule has 6 nitrogen and oxygen atoms in total. The Balaban J connectivity index is 0.00000180. The summed E-state index contributed by atoms with van der Waals surface area (Å²) in [6.07, 6.45) is 2.70. The number of esters is 1. The summed E-state index contributed by atoms with van der Waals surface area (Å²) < 4.78 is 16.8. The van der Waals surface area contributed by atoms with Gasteiger partial charge in [-0.2, -0.15) is 0 Å². The van der Waals surface area contributed by atoms with Crippen LogP contribution in [0.5, 0.6) is 0 Å². The van der Waals surface area contributed by atoms with E-state index < -0.39 is 19.0 Å². The van der Waals surface area contributed by atoms with Gasteiger partial charge < -0.3 is 19.1 Å². The largest absolute Gasteiger partial charge is 1.00 e. The molecule has 2 saturated heterocycles. The second-order valence-electron chi connectivity index (χ2n) is 4.88. The van der Waals surface area contributed by atoms with Crippen molar-refractivity contribution in [3.63, 3.8) is 0 Å². The summed E-state index contributed by atoms with van der Waals surface area (Å²) >= 11 is 0. The molecular formula is C11H17NNaO5P. The number of carbonyl (C=O) groups is 2. The third-order valence-electron chi connectivity index (χ3n) is 3.43. The first-order chi connectivity index (χ1) is 8.49. The van der Waals surface area contributed by atoms with Crippen LogP contribution in [0.3, 0.4) is 0 Å². The van der Waals surface area contributed by atoms with Crippen LogP contribution in [0.15, 0.2) is 0 Å². The van der Waals surface area contributed by atoms with E-state index in [1.807, 2.05) is 0 Å². The first-order valence-electron chi connectivity index (χ1n) is 6.22. The molecule has 0 radical (unpaired) electrons. The van der Waals surface area contributed by atoms with Crippen LogP contribution in [0.4, 0.5) is 0 Å². The molecule has 19 heavy (non-hydrogen) atoms. The Morgan fingerprint density at radius 2 is 2.05 bits per heavy atom. The quantitative estimate of drug-likeness (QED) is 0.321. The third kappa shape index (κ3) is 4.57. The van der Waals surface area contributed by atoms with Crippen LogP contribution in [0.1, 0.15) is 32.1 Å². The van der Waals surface area contributed by atoms with Gasteiger partial charge in [-0.3, -0.25) is 9.59 Å². The van der Waals surface area contributed by atoms with E-state index in [0.29, 0.717) is 13.0 Å². The van der Waals surface area contributed by atoms with Crippen molar-refractivity contribution in [3.8, 4) is 0 Å². The van der Waals surface area contributed by atoms with E-state index >= 15 is 0 Å². The van der Waals surface area contributed by atoms with Gasteiger partial charge in [-0.1, -0.05) is 6.42 Å². The fraction of sp³-hybridized carbons (Fsp3) is 0.818. The molecule has 0 spiro atoms. The number of ether oxygens (including phenoxy) is 1. The van der Waals surface area contributed by atoms with Crippen molar-refractivity contribution in [1.82, 2.24) is 4.90 Å². The number of carbonyl (C=O) groups excluding carboxylic acids is 2. The van der Waals surface area contributed by atoms with Crippen LogP contribution in [-0.4, -0.2) is 41.9 Å². The Kier molecular flexibility index (Phi) is 6.54. The summed E-state index contributed by atoms with van der Waals surface area (Å²) in [5.41, 5.74) is -0.763. The predicted octanol–water partition coefficient (Wildman–Crippen LogP) is -2.70. The molecule has 2 unspecified atom stereocenters. The van der Waals surface area contributed by atoms with E-state index in [2.05, 4.69) is 4.74 Å². The molecular weight excluding hydrogens is 280 g/mol. The fourth-order valence-electron chi connectivity index (χ4n) is 2.29. The zero-order valence-corrected chi connectivity index (χ0v) is 14.1. The number of amides is 1. The van der Waals surface area contributed by atoms with Crippen LogP contribution in [0, 0.1) is 0 Å². The molecule has 2 aliphatic heterocycles. The molecule has 0 saturated carbocycles. The standard InChI is InChI=1S/C11H18NO5P.Na/c13-10-4-2-1-3-5-12(10)8-18(15,16)9-6-11(14)17-7-9;/h9H,1-8H2,(H,15,16);/q;+1/p-1. The SMILES string of the molecule is O=C1CC(P(=O)([O-])CN2CCCCCC2=O)CO1.[Na+]. The zero-order valence-electron chi connectivity index (χ0n) is 11.2. The smallest absolute Gasteiger partial charge is 0.798 e. The van der Waals surface area contributed by atoms with Gasteiger partial charge in [0.25, 0.3) is 0 Å². The number of hydrogen-bond donors (Lipinski definition) is 0. The van der Waals surface area contributed by atoms with Crippen molar-refractivity contribution in [2.45, 2.75) is 37.8 Å². The van der Waals surface area contributed by atoms with Crippen molar-refractivity contribution in [2.75, 3.05) is 19.4 Å². The number of hydrogen-bond acceptors (Lipinski definition) is 5. The third-order valence-corrected chi connectivity index (χ3v) is 5.61. The number of cyclic esters (lactones) is 1. The molecule has 2 fully saturated rings. The van der Waals surface area contributed by atoms with Gasteiger partial charge in [-0.25, -0.2) is 0 Å². The van der Waals surface area contributed by atoms with E-state index in [-0.39, 0.29) is 54.8 Å². The molecule has 8 heteroatoms. The van der Waals surface area contributed by atoms with Crippen molar-refractivity contribution in [3.05, 3.63) is 0 Å². The molecule has 2 atom stereocenters. The molecule has 2 aliphatic rings. The summed E-state index contributed by atoms with van der Waals surface area (Å²) in [6.45, 7) is 0.425. The molecule has 0 aromatic heterocycles. The summed E-state index contributed by atoms with van der Waals surface area (Å²) in [6, 6.07) is 0. The summed E-state index contributed by atoms with van der Waals surface area (Å²) in [4.78, 5) is 36.2. The van der Waals surface area contributed by atoms with E-state index in [1.54, 1.807) is 0 Å². The fourth-order valence-corrected chi connectivity index (χ4v) is 4.03. The summed E-state index contributed by atoms with van der Waals surface area (Å²) in [5.74, 6) is -0.577. The maximum Gasteiger partial charge on any atom is 1.00 e. The van der Waals surface area contributed by atoms with Gasteiger partial charge >= 0.3 is 35.5 Å². The minimum absolute atomic E-state index is 0. The summed E-state index contributed by atoms with van der Waals surface area (Å²) in [5, 5.41) is 0. The number of rotatable bonds is 3. The van der Waals surface area contributed by atoms with Gasteiger partial charge in [0.05, 0.1) is 12.7 Å². The van der Waals surface area contributed by atoms with Crippen molar-refractivity contribution < 1.29 is 53.3 Å². The van der Waals surface area contributed by atoms with Crippen LogP contribution in [-0.2, 0) is 18.9 Å². The molecule has 2 rings (SSSR count). The van der Waals surface area contributed by atoms with Gasteiger partial charge in [-0.15, -0.1) is 0 Å². The van der Waals surface area contributed by atoms with E-state index in [1.165, 1.54) is 4.90 Å². The van der Waals surface area contributed by atoms with Crippen molar-refractivity contribution in [2.24, 2.45) is 0 Å². The Labute approximate surface area is 134 Å². The van der Waals surface area contributed by atoms with Crippen LogP contribution in [0.25, 0.3) is 0 Å². The van der Waals surface area contributed by atoms with Gasteiger partial charge in [-0.05, 0) is 12.8 Å². The first-order valence-corrected chi connectivity index (χ1v) is 8.10.